The average Bonchev–Trinajstić information content (AvgIpc) is 2.21. The smallest absolute Gasteiger partial charge is 0.343 e. The molecule has 1 heterocycles. The van der Waals surface area contributed by atoms with Crippen LogP contribution in [0, 0.1) is 0 Å². The van der Waals surface area contributed by atoms with Crippen molar-refractivity contribution in [3.8, 4) is 5.75 Å². The van der Waals surface area contributed by atoms with Crippen molar-refractivity contribution in [2.24, 2.45) is 0 Å². The molecule has 0 aliphatic carbocycles. The highest BCUT2D eigenvalue weighted by molar-refractivity contribution is 5.89. The highest BCUT2D eigenvalue weighted by atomic mass is 16.5. The van der Waals surface area contributed by atoms with Gasteiger partial charge >= 0.3 is 5.97 Å². The number of aromatic amines is 1. The van der Waals surface area contributed by atoms with Gasteiger partial charge < -0.3 is 14.5 Å². The molecule has 0 saturated heterocycles. The van der Waals surface area contributed by atoms with Gasteiger partial charge in [0.05, 0.1) is 13.2 Å². The Kier molecular flexibility index (Phi) is 3.91. The van der Waals surface area contributed by atoms with Gasteiger partial charge in [-0.15, -0.1) is 0 Å². The van der Waals surface area contributed by atoms with Crippen LogP contribution >= 0.6 is 0 Å². The Bertz CT molecular complexity index is 397. The summed E-state index contributed by atoms with van der Waals surface area (Å²) in [6.07, 6.45) is 1.41. The van der Waals surface area contributed by atoms with Crippen molar-refractivity contribution in [3.63, 3.8) is 0 Å². The van der Waals surface area contributed by atoms with Crippen LogP contribution in [0.2, 0.25) is 0 Å². The Morgan fingerprint density at radius 3 is 2.73 bits per heavy atom. The Morgan fingerprint density at radius 1 is 1.40 bits per heavy atom. The van der Waals surface area contributed by atoms with E-state index in [1.807, 2.05) is 6.92 Å². The van der Waals surface area contributed by atoms with E-state index in [0.717, 1.165) is 0 Å². The number of aromatic nitrogens is 1. The fourth-order valence-electron chi connectivity index (χ4n) is 1.07. The fourth-order valence-corrected chi connectivity index (χ4v) is 1.07. The van der Waals surface area contributed by atoms with Crippen molar-refractivity contribution < 1.29 is 14.3 Å². The van der Waals surface area contributed by atoms with E-state index in [2.05, 4.69) is 4.98 Å². The van der Waals surface area contributed by atoms with E-state index in [0.29, 0.717) is 12.4 Å². The predicted molar refractivity (Wildman–Crippen MR) is 54.2 cm³/mol. The zero-order valence-corrected chi connectivity index (χ0v) is 8.70. The number of pyridine rings is 1. The molecule has 0 spiro atoms. The lowest BCUT2D eigenvalue weighted by molar-refractivity contribution is 0.0523. The summed E-state index contributed by atoms with van der Waals surface area (Å²) in [6.45, 7) is 4.19. The van der Waals surface area contributed by atoms with E-state index in [4.69, 9.17) is 9.47 Å². The minimum Gasteiger partial charge on any atom is -0.492 e. The maximum absolute atomic E-state index is 11.3. The Labute approximate surface area is 87.0 Å². The molecule has 1 aromatic rings. The van der Waals surface area contributed by atoms with E-state index >= 15 is 0 Å². The summed E-state index contributed by atoms with van der Waals surface area (Å²) in [7, 11) is 0. The van der Waals surface area contributed by atoms with E-state index in [1.54, 1.807) is 6.92 Å². The molecular formula is C10H13NO4. The van der Waals surface area contributed by atoms with Gasteiger partial charge in [-0.25, -0.2) is 4.79 Å². The molecule has 0 bridgehead atoms. The Hall–Kier alpha value is -1.78. The SMILES string of the molecule is CCOC(=O)c1cc(OCC)c[nH]c1=O. The molecule has 15 heavy (non-hydrogen) atoms. The summed E-state index contributed by atoms with van der Waals surface area (Å²) in [5, 5.41) is 0. The quantitative estimate of drug-likeness (QED) is 0.753. The molecule has 0 amide bonds. The number of hydrogen-bond acceptors (Lipinski definition) is 4. The van der Waals surface area contributed by atoms with Crippen LogP contribution in [-0.4, -0.2) is 24.2 Å². The molecule has 1 N–H and O–H groups in total. The third-order valence-electron chi connectivity index (χ3n) is 1.68. The van der Waals surface area contributed by atoms with Gasteiger partial charge in [0, 0.05) is 12.3 Å². The first-order chi connectivity index (χ1) is 7.19. The van der Waals surface area contributed by atoms with Crippen LogP contribution in [0.3, 0.4) is 0 Å². The van der Waals surface area contributed by atoms with Crippen LogP contribution in [0.4, 0.5) is 0 Å². The zero-order chi connectivity index (χ0) is 11.3. The molecule has 82 valence electrons. The normalized spacial score (nSPS) is 9.73. The van der Waals surface area contributed by atoms with Crippen LogP contribution in [-0.2, 0) is 4.74 Å². The first-order valence-corrected chi connectivity index (χ1v) is 4.71. The second-order valence-corrected chi connectivity index (χ2v) is 2.73. The predicted octanol–water partition coefficient (Wildman–Crippen LogP) is 0.950. The Balaban J connectivity index is 2.99. The average molecular weight is 211 g/mol. The monoisotopic (exact) mass is 211 g/mol. The van der Waals surface area contributed by atoms with Crippen LogP contribution in [0.1, 0.15) is 24.2 Å². The number of esters is 1. The third kappa shape index (κ3) is 2.83. The van der Waals surface area contributed by atoms with Crippen LogP contribution < -0.4 is 10.3 Å². The largest absolute Gasteiger partial charge is 0.492 e. The molecular weight excluding hydrogens is 198 g/mol. The lowest BCUT2D eigenvalue weighted by Gasteiger charge is -2.04. The molecule has 0 unspecified atom stereocenters. The van der Waals surface area contributed by atoms with Crippen molar-refractivity contribution >= 4 is 5.97 Å². The van der Waals surface area contributed by atoms with Gasteiger partial charge in [-0.3, -0.25) is 4.79 Å². The van der Waals surface area contributed by atoms with E-state index in [-0.39, 0.29) is 12.2 Å². The molecule has 0 saturated carbocycles. The molecule has 0 aliphatic heterocycles. The Morgan fingerprint density at radius 2 is 2.13 bits per heavy atom. The number of hydrogen-bond donors (Lipinski definition) is 1. The van der Waals surface area contributed by atoms with Gasteiger partial charge in [0.2, 0.25) is 0 Å². The second kappa shape index (κ2) is 5.19. The van der Waals surface area contributed by atoms with Crippen molar-refractivity contribution in [3.05, 3.63) is 28.2 Å². The minimum atomic E-state index is -0.639. The number of rotatable bonds is 4. The molecule has 0 aromatic carbocycles. The van der Waals surface area contributed by atoms with E-state index in [1.165, 1.54) is 12.3 Å². The molecule has 1 rings (SSSR count). The molecule has 1 aromatic heterocycles. The van der Waals surface area contributed by atoms with Crippen LogP contribution in [0.5, 0.6) is 5.75 Å². The summed E-state index contributed by atoms with van der Waals surface area (Å²) >= 11 is 0. The molecule has 0 fully saturated rings. The lowest BCUT2D eigenvalue weighted by Crippen LogP contribution is -2.19. The first kappa shape index (κ1) is 11.3. The second-order valence-electron chi connectivity index (χ2n) is 2.73. The molecule has 5 nitrogen and oxygen atoms in total. The van der Waals surface area contributed by atoms with Gasteiger partial charge in [0.1, 0.15) is 11.3 Å². The van der Waals surface area contributed by atoms with Gasteiger partial charge in [-0.1, -0.05) is 0 Å². The van der Waals surface area contributed by atoms with Gasteiger partial charge in [-0.05, 0) is 13.8 Å². The fraction of sp³-hybridized carbons (Fsp3) is 0.400. The van der Waals surface area contributed by atoms with Crippen LogP contribution in [0.15, 0.2) is 17.1 Å². The maximum atomic E-state index is 11.3. The number of carbonyl (C=O) groups is 1. The number of ether oxygens (including phenoxy) is 2. The highest BCUT2D eigenvalue weighted by Gasteiger charge is 2.12. The third-order valence-corrected chi connectivity index (χ3v) is 1.68. The standard InChI is InChI=1S/C10H13NO4/c1-3-14-7-5-8(9(12)11-6-7)10(13)15-4-2/h5-6H,3-4H2,1-2H3,(H,11,12). The highest BCUT2D eigenvalue weighted by Crippen LogP contribution is 2.08. The van der Waals surface area contributed by atoms with Crippen molar-refractivity contribution in [2.75, 3.05) is 13.2 Å². The summed E-state index contributed by atoms with van der Waals surface area (Å²) in [4.78, 5) is 25.0. The molecule has 0 aliphatic rings. The van der Waals surface area contributed by atoms with Gasteiger partial charge in [-0.2, -0.15) is 0 Å². The van der Waals surface area contributed by atoms with E-state index < -0.39 is 11.5 Å². The summed E-state index contributed by atoms with van der Waals surface area (Å²) in [5.41, 5.74) is -0.514. The van der Waals surface area contributed by atoms with Crippen molar-refractivity contribution in [1.29, 1.82) is 0 Å². The zero-order valence-electron chi connectivity index (χ0n) is 8.70. The molecule has 0 radical (unpaired) electrons. The summed E-state index contributed by atoms with van der Waals surface area (Å²) < 4.78 is 9.88. The van der Waals surface area contributed by atoms with Gasteiger partial charge in [0.15, 0.2) is 0 Å². The number of H-pyrrole nitrogens is 1. The molecule has 0 atom stereocenters. The van der Waals surface area contributed by atoms with Crippen molar-refractivity contribution in [2.45, 2.75) is 13.8 Å². The number of carbonyl (C=O) groups excluding carboxylic acids is 1. The lowest BCUT2D eigenvalue weighted by atomic mass is 10.3. The summed E-state index contributed by atoms with van der Waals surface area (Å²) in [5.74, 6) is -0.194. The topological polar surface area (TPSA) is 68.4 Å². The number of nitrogens with one attached hydrogen (secondary N) is 1. The van der Waals surface area contributed by atoms with E-state index in [9.17, 15) is 9.59 Å². The maximum Gasteiger partial charge on any atom is 0.343 e. The summed E-state index contributed by atoms with van der Waals surface area (Å²) in [6, 6.07) is 1.38. The van der Waals surface area contributed by atoms with Gasteiger partial charge in [0.25, 0.3) is 5.56 Å². The molecule has 5 heteroatoms. The van der Waals surface area contributed by atoms with Crippen molar-refractivity contribution in [1.82, 2.24) is 4.98 Å². The minimum absolute atomic E-state index is 0.0391. The first-order valence-electron chi connectivity index (χ1n) is 4.71. The van der Waals surface area contributed by atoms with Crippen LogP contribution in [0.25, 0.3) is 0 Å².